The highest BCUT2D eigenvalue weighted by Gasteiger charge is 2.26. The van der Waals surface area contributed by atoms with Crippen LogP contribution in [-0.4, -0.2) is 23.1 Å². The van der Waals surface area contributed by atoms with E-state index in [1.165, 1.54) is 17.4 Å². The molecule has 1 saturated heterocycles. The number of aliphatic hydroxyl groups excluding tert-OH is 1. The van der Waals surface area contributed by atoms with Gasteiger partial charge < -0.3 is 10.0 Å². The van der Waals surface area contributed by atoms with E-state index in [1.54, 1.807) is 6.92 Å². The molecule has 1 atom stereocenters. The second-order valence-corrected chi connectivity index (χ2v) is 5.03. The molecule has 0 spiro atoms. The van der Waals surface area contributed by atoms with E-state index in [4.69, 9.17) is 0 Å². The molecule has 0 amide bonds. The number of rotatable bonds is 3. The van der Waals surface area contributed by atoms with Crippen LogP contribution in [0, 0.1) is 10.1 Å². The first-order valence-corrected chi connectivity index (χ1v) is 6.12. The zero-order chi connectivity index (χ0) is 11.7. The molecule has 6 heteroatoms. The van der Waals surface area contributed by atoms with Gasteiger partial charge in [-0.05, 0) is 19.8 Å². The maximum Gasteiger partial charge on any atom is 0.304 e. The van der Waals surface area contributed by atoms with Crippen molar-refractivity contribution >= 4 is 22.0 Å². The summed E-state index contributed by atoms with van der Waals surface area (Å²) in [5.74, 6) is 0. The Morgan fingerprint density at radius 3 is 2.69 bits per heavy atom. The summed E-state index contributed by atoms with van der Waals surface area (Å²) in [6.45, 7) is 3.38. The lowest BCUT2D eigenvalue weighted by Crippen LogP contribution is -2.17. The Kier molecular flexibility index (Phi) is 3.11. The Bertz CT molecular complexity index is 397. The molecular formula is C10H14N2O3S. The molecule has 88 valence electrons. The van der Waals surface area contributed by atoms with Crippen molar-refractivity contribution in [3.63, 3.8) is 0 Å². The molecule has 1 fully saturated rings. The van der Waals surface area contributed by atoms with Gasteiger partial charge in [0.25, 0.3) is 0 Å². The monoisotopic (exact) mass is 242 g/mol. The van der Waals surface area contributed by atoms with Gasteiger partial charge in [-0.15, -0.1) is 11.3 Å². The molecule has 1 aromatic rings. The Morgan fingerprint density at radius 1 is 1.56 bits per heavy atom. The van der Waals surface area contributed by atoms with Crippen LogP contribution < -0.4 is 4.90 Å². The van der Waals surface area contributed by atoms with E-state index >= 15 is 0 Å². The van der Waals surface area contributed by atoms with Gasteiger partial charge in [-0.3, -0.25) is 10.1 Å². The summed E-state index contributed by atoms with van der Waals surface area (Å²) in [5, 5.41) is 21.1. The predicted molar refractivity (Wildman–Crippen MR) is 63.1 cm³/mol. The average molecular weight is 242 g/mol. The summed E-state index contributed by atoms with van der Waals surface area (Å²) in [5.41, 5.74) is 0.128. The lowest BCUT2D eigenvalue weighted by molar-refractivity contribution is -0.383. The smallest absolute Gasteiger partial charge is 0.304 e. The molecule has 1 aliphatic heterocycles. The SMILES string of the molecule is C[C@@H](O)c1cc([N+](=O)[O-])c(N2CCCC2)s1. The van der Waals surface area contributed by atoms with Crippen molar-refractivity contribution in [2.24, 2.45) is 0 Å². The van der Waals surface area contributed by atoms with Crippen LogP contribution >= 0.6 is 11.3 Å². The van der Waals surface area contributed by atoms with Crippen molar-refractivity contribution in [2.75, 3.05) is 18.0 Å². The van der Waals surface area contributed by atoms with E-state index in [9.17, 15) is 15.2 Å². The maximum atomic E-state index is 10.9. The number of hydrogen-bond acceptors (Lipinski definition) is 5. The van der Waals surface area contributed by atoms with Crippen molar-refractivity contribution in [1.82, 2.24) is 0 Å². The molecule has 0 radical (unpaired) electrons. The van der Waals surface area contributed by atoms with Gasteiger partial charge in [0.1, 0.15) is 0 Å². The largest absolute Gasteiger partial charge is 0.388 e. The van der Waals surface area contributed by atoms with E-state index < -0.39 is 6.10 Å². The molecule has 0 bridgehead atoms. The molecular weight excluding hydrogens is 228 g/mol. The highest BCUT2D eigenvalue weighted by molar-refractivity contribution is 7.16. The zero-order valence-electron chi connectivity index (χ0n) is 9.05. The van der Waals surface area contributed by atoms with Crippen LogP contribution in [0.3, 0.4) is 0 Å². The highest BCUT2D eigenvalue weighted by Crippen LogP contribution is 2.41. The van der Waals surface area contributed by atoms with Gasteiger partial charge in [0.15, 0.2) is 5.00 Å². The fourth-order valence-electron chi connectivity index (χ4n) is 1.87. The van der Waals surface area contributed by atoms with Gasteiger partial charge >= 0.3 is 5.69 Å². The Morgan fingerprint density at radius 2 is 2.19 bits per heavy atom. The maximum absolute atomic E-state index is 10.9. The van der Waals surface area contributed by atoms with Crippen molar-refractivity contribution < 1.29 is 10.0 Å². The number of nitro groups is 1. The Hall–Kier alpha value is -1.14. The van der Waals surface area contributed by atoms with Crippen molar-refractivity contribution in [3.8, 4) is 0 Å². The molecule has 2 heterocycles. The highest BCUT2D eigenvalue weighted by atomic mass is 32.1. The van der Waals surface area contributed by atoms with Gasteiger partial charge in [-0.1, -0.05) is 0 Å². The molecule has 1 aliphatic rings. The second kappa shape index (κ2) is 4.39. The summed E-state index contributed by atoms with van der Waals surface area (Å²) in [4.78, 5) is 13.3. The average Bonchev–Trinajstić information content (AvgIpc) is 2.86. The number of thiophene rings is 1. The van der Waals surface area contributed by atoms with E-state index in [0.29, 0.717) is 9.88 Å². The van der Waals surface area contributed by atoms with Crippen LogP contribution in [0.15, 0.2) is 6.07 Å². The molecule has 2 rings (SSSR count). The summed E-state index contributed by atoms with van der Waals surface area (Å²) >= 11 is 1.33. The third kappa shape index (κ3) is 2.03. The van der Waals surface area contributed by atoms with Crippen LogP contribution in [0.2, 0.25) is 0 Å². The Labute approximate surface area is 97.5 Å². The second-order valence-electron chi connectivity index (χ2n) is 3.97. The summed E-state index contributed by atoms with van der Waals surface area (Å²) in [6.07, 6.45) is 1.53. The summed E-state index contributed by atoms with van der Waals surface area (Å²) < 4.78 is 0. The van der Waals surface area contributed by atoms with Gasteiger partial charge in [-0.25, -0.2) is 0 Å². The van der Waals surface area contributed by atoms with Crippen molar-refractivity contribution in [3.05, 3.63) is 21.1 Å². The summed E-state index contributed by atoms with van der Waals surface area (Å²) in [6, 6.07) is 1.49. The van der Waals surface area contributed by atoms with Crippen LogP contribution in [0.5, 0.6) is 0 Å². The number of hydrogen-bond donors (Lipinski definition) is 1. The molecule has 16 heavy (non-hydrogen) atoms. The van der Waals surface area contributed by atoms with Crippen molar-refractivity contribution in [2.45, 2.75) is 25.9 Å². The minimum absolute atomic E-state index is 0.128. The fourth-order valence-corrected chi connectivity index (χ4v) is 2.99. The normalized spacial score (nSPS) is 17.8. The molecule has 5 nitrogen and oxygen atoms in total. The third-order valence-electron chi connectivity index (χ3n) is 2.71. The molecule has 0 saturated carbocycles. The van der Waals surface area contributed by atoms with Crippen LogP contribution in [0.1, 0.15) is 30.7 Å². The topological polar surface area (TPSA) is 66.6 Å². The van der Waals surface area contributed by atoms with E-state index in [0.717, 1.165) is 25.9 Å². The minimum atomic E-state index is -0.639. The molecule has 0 aliphatic carbocycles. The molecule has 0 unspecified atom stereocenters. The number of anilines is 1. The first-order valence-electron chi connectivity index (χ1n) is 5.30. The van der Waals surface area contributed by atoms with Gasteiger partial charge in [0.2, 0.25) is 0 Å². The standard InChI is InChI=1S/C10H14N2O3S/c1-7(13)9-6-8(12(14)15)10(16-9)11-4-2-3-5-11/h6-7,13H,2-5H2,1H3/t7-/m1/s1. The van der Waals surface area contributed by atoms with Gasteiger partial charge in [-0.2, -0.15) is 0 Å². The predicted octanol–water partition coefficient (Wildman–Crippen LogP) is 2.31. The molecule has 0 aromatic carbocycles. The number of aliphatic hydroxyl groups is 1. The van der Waals surface area contributed by atoms with E-state index in [-0.39, 0.29) is 10.6 Å². The molecule has 1 aromatic heterocycles. The van der Waals surface area contributed by atoms with E-state index in [2.05, 4.69) is 0 Å². The van der Waals surface area contributed by atoms with Crippen LogP contribution in [0.25, 0.3) is 0 Å². The lowest BCUT2D eigenvalue weighted by Gasteiger charge is -2.13. The lowest BCUT2D eigenvalue weighted by atomic mass is 10.3. The fraction of sp³-hybridized carbons (Fsp3) is 0.600. The van der Waals surface area contributed by atoms with Crippen molar-refractivity contribution in [1.29, 1.82) is 0 Å². The van der Waals surface area contributed by atoms with Crippen LogP contribution in [-0.2, 0) is 0 Å². The first-order chi connectivity index (χ1) is 7.59. The van der Waals surface area contributed by atoms with Gasteiger partial charge in [0, 0.05) is 24.0 Å². The van der Waals surface area contributed by atoms with E-state index in [1.807, 2.05) is 4.90 Å². The minimum Gasteiger partial charge on any atom is -0.388 e. The number of nitrogens with zero attached hydrogens (tertiary/aromatic N) is 2. The Balaban J connectivity index is 2.37. The zero-order valence-corrected chi connectivity index (χ0v) is 9.87. The third-order valence-corrected chi connectivity index (χ3v) is 4.07. The quantitative estimate of drug-likeness (QED) is 0.652. The first kappa shape index (κ1) is 11.3. The van der Waals surface area contributed by atoms with Gasteiger partial charge in [0.05, 0.1) is 11.0 Å². The van der Waals surface area contributed by atoms with Crippen LogP contribution in [0.4, 0.5) is 10.7 Å². The molecule has 1 N–H and O–H groups in total. The summed E-state index contributed by atoms with van der Waals surface area (Å²) in [7, 11) is 0.